The van der Waals surface area contributed by atoms with Crippen molar-refractivity contribution in [2.24, 2.45) is 5.14 Å². The lowest BCUT2D eigenvalue weighted by atomic mass is 10.2. The molecule has 1 aliphatic heterocycles. The van der Waals surface area contributed by atoms with Crippen molar-refractivity contribution in [2.45, 2.75) is 32.1 Å². The van der Waals surface area contributed by atoms with E-state index in [-0.39, 0.29) is 30.2 Å². The standard InChI is InChI=1S/C19H22F4N6O2S/c20-15-9-14(5-3-12(15)11-26-32(24)31)27-18(30)25-10-13-4-6-16(19(21,22)23)28-17(13)29-7-1-2-8-29/h3-6,9,26H,1-2,7-8,10-11,24H2,(H2,25,27,30). The van der Waals surface area contributed by atoms with Gasteiger partial charge in [0.15, 0.2) is 0 Å². The summed E-state index contributed by atoms with van der Waals surface area (Å²) in [5, 5.41) is 10.1. The quantitative estimate of drug-likeness (QED) is 0.362. The molecule has 174 valence electrons. The maximum Gasteiger partial charge on any atom is 0.433 e. The number of alkyl halides is 3. The normalized spacial score (nSPS) is 15.0. The van der Waals surface area contributed by atoms with E-state index < -0.39 is 35.3 Å². The number of hydrogen-bond acceptors (Lipinski definition) is 6. The number of benzene rings is 1. The molecule has 2 heterocycles. The second-order valence-electron chi connectivity index (χ2n) is 7.10. The third-order valence-electron chi connectivity index (χ3n) is 4.81. The summed E-state index contributed by atoms with van der Waals surface area (Å²) in [5.74, 6) is -0.443. The lowest BCUT2D eigenvalue weighted by molar-refractivity contribution is -0.141. The highest BCUT2D eigenvalue weighted by atomic mass is 32.2. The van der Waals surface area contributed by atoms with Gasteiger partial charge in [-0.05, 0) is 31.0 Å². The van der Waals surface area contributed by atoms with Crippen LogP contribution in [0.3, 0.4) is 0 Å². The van der Waals surface area contributed by atoms with Crippen LogP contribution < -0.4 is 25.4 Å². The molecule has 2 amide bonds. The number of pyridine rings is 1. The van der Waals surface area contributed by atoms with Gasteiger partial charge in [-0.1, -0.05) is 12.1 Å². The van der Waals surface area contributed by atoms with E-state index >= 15 is 0 Å². The molecule has 2 aromatic rings. The van der Waals surface area contributed by atoms with Gasteiger partial charge in [-0.15, -0.1) is 9.86 Å². The second-order valence-corrected chi connectivity index (χ2v) is 7.99. The van der Waals surface area contributed by atoms with Gasteiger partial charge >= 0.3 is 12.2 Å². The third-order valence-corrected chi connectivity index (χ3v) is 5.24. The average molecular weight is 474 g/mol. The molecule has 0 bridgehead atoms. The molecule has 32 heavy (non-hydrogen) atoms. The van der Waals surface area contributed by atoms with Crippen LogP contribution in [-0.2, 0) is 30.8 Å². The van der Waals surface area contributed by atoms with Crippen molar-refractivity contribution in [1.82, 2.24) is 15.0 Å². The Bertz CT molecular complexity index is 954. The molecular formula is C19H22F4N6O2S. The number of hydrogen-bond donors (Lipinski definition) is 4. The SMILES string of the molecule is N[S+]([O-])NCc1ccc(NC(=O)NCc2ccc(C(F)(F)F)nc2N2CCCC2)cc1F. The smallest absolute Gasteiger partial charge is 0.433 e. The highest BCUT2D eigenvalue weighted by Gasteiger charge is 2.34. The summed E-state index contributed by atoms with van der Waals surface area (Å²) in [5.41, 5.74) is -0.169. The van der Waals surface area contributed by atoms with Crippen molar-refractivity contribution in [3.8, 4) is 0 Å². The van der Waals surface area contributed by atoms with Crippen LogP contribution in [0, 0.1) is 5.82 Å². The van der Waals surface area contributed by atoms with Gasteiger partial charge in [0.25, 0.3) is 0 Å². The summed E-state index contributed by atoms with van der Waals surface area (Å²) in [6, 6.07) is 5.46. The molecule has 0 spiro atoms. The zero-order valence-corrected chi connectivity index (χ0v) is 17.7. The fraction of sp³-hybridized carbons (Fsp3) is 0.368. The van der Waals surface area contributed by atoms with E-state index in [1.807, 2.05) is 0 Å². The molecule has 8 nitrogen and oxygen atoms in total. The Labute approximate surface area is 185 Å². The van der Waals surface area contributed by atoms with Gasteiger partial charge in [0, 0.05) is 36.4 Å². The summed E-state index contributed by atoms with van der Waals surface area (Å²) in [4.78, 5) is 17.8. The topological polar surface area (TPSA) is 118 Å². The Balaban J connectivity index is 1.65. The number of carbonyl (C=O) groups is 1. The van der Waals surface area contributed by atoms with E-state index in [9.17, 15) is 26.9 Å². The van der Waals surface area contributed by atoms with Crippen LogP contribution in [0.5, 0.6) is 0 Å². The Hall–Kier alpha value is -2.61. The number of nitrogens with two attached hydrogens (primary N) is 1. The van der Waals surface area contributed by atoms with Gasteiger partial charge in [0.1, 0.15) is 28.9 Å². The predicted molar refractivity (Wildman–Crippen MR) is 112 cm³/mol. The van der Waals surface area contributed by atoms with E-state index in [0.29, 0.717) is 18.7 Å². The molecule has 1 unspecified atom stereocenters. The minimum atomic E-state index is -4.57. The molecule has 5 N–H and O–H groups in total. The van der Waals surface area contributed by atoms with Crippen molar-refractivity contribution < 1.29 is 26.9 Å². The molecule has 1 fully saturated rings. The van der Waals surface area contributed by atoms with E-state index in [1.165, 1.54) is 18.2 Å². The van der Waals surface area contributed by atoms with Gasteiger partial charge < -0.3 is 20.1 Å². The third kappa shape index (κ3) is 6.45. The fourth-order valence-electron chi connectivity index (χ4n) is 3.24. The molecule has 0 aliphatic carbocycles. The number of rotatable bonds is 7. The van der Waals surface area contributed by atoms with Gasteiger partial charge in [-0.25, -0.2) is 14.2 Å². The maximum absolute atomic E-state index is 14.1. The van der Waals surface area contributed by atoms with Crippen LogP contribution in [0.25, 0.3) is 0 Å². The van der Waals surface area contributed by atoms with Crippen LogP contribution in [-0.4, -0.2) is 28.7 Å². The molecule has 1 aromatic heterocycles. The van der Waals surface area contributed by atoms with Crippen LogP contribution in [0.2, 0.25) is 0 Å². The number of halogens is 4. The molecular weight excluding hydrogens is 452 g/mol. The van der Waals surface area contributed by atoms with Crippen LogP contribution >= 0.6 is 0 Å². The Morgan fingerprint density at radius 1 is 1.16 bits per heavy atom. The predicted octanol–water partition coefficient (Wildman–Crippen LogP) is 2.79. The number of aromatic nitrogens is 1. The van der Waals surface area contributed by atoms with Crippen molar-refractivity contribution in [2.75, 3.05) is 23.3 Å². The molecule has 1 atom stereocenters. The number of nitrogens with zero attached hydrogens (tertiary/aromatic N) is 2. The van der Waals surface area contributed by atoms with Crippen molar-refractivity contribution in [3.05, 3.63) is 53.0 Å². The van der Waals surface area contributed by atoms with Crippen LogP contribution in [0.15, 0.2) is 30.3 Å². The molecule has 1 saturated heterocycles. The molecule has 0 radical (unpaired) electrons. The highest BCUT2D eigenvalue weighted by molar-refractivity contribution is 7.87. The van der Waals surface area contributed by atoms with E-state index in [4.69, 9.17) is 5.14 Å². The van der Waals surface area contributed by atoms with Gasteiger partial charge in [-0.2, -0.15) is 13.2 Å². The first-order valence-electron chi connectivity index (χ1n) is 9.68. The first-order valence-corrected chi connectivity index (χ1v) is 10.9. The van der Waals surface area contributed by atoms with Crippen molar-refractivity contribution in [1.29, 1.82) is 0 Å². The van der Waals surface area contributed by atoms with E-state index in [2.05, 4.69) is 20.3 Å². The molecule has 3 rings (SSSR count). The molecule has 0 saturated carbocycles. The molecule has 1 aromatic carbocycles. The van der Waals surface area contributed by atoms with E-state index in [0.717, 1.165) is 25.0 Å². The Kier molecular flexibility index (Phi) is 7.77. The van der Waals surface area contributed by atoms with E-state index in [1.54, 1.807) is 4.90 Å². The average Bonchev–Trinajstić information content (AvgIpc) is 3.25. The summed E-state index contributed by atoms with van der Waals surface area (Å²) >= 11 is -1.79. The summed E-state index contributed by atoms with van der Waals surface area (Å²) in [7, 11) is 0. The van der Waals surface area contributed by atoms with Crippen LogP contribution in [0.4, 0.5) is 33.9 Å². The van der Waals surface area contributed by atoms with Gasteiger partial charge in [0.2, 0.25) is 0 Å². The second kappa shape index (κ2) is 10.3. The van der Waals surface area contributed by atoms with Crippen molar-refractivity contribution in [3.63, 3.8) is 0 Å². The zero-order chi connectivity index (χ0) is 23.3. The Morgan fingerprint density at radius 2 is 1.84 bits per heavy atom. The number of urea groups is 1. The monoisotopic (exact) mass is 474 g/mol. The lowest BCUT2D eigenvalue weighted by Crippen LogP contribution is -2.31. The minimum Gasteiger partial charge on any atom is -0.579 e. The van der Waals surface area contributed by atoms with Crippen molar-refractivity contribution >= 4 is 29.1 Å². The number of carbonyl (C=O) groups excluding carboxylic acids is 1. The largest absolute Gasteiger partial charge is 0.579 e. The number of nitrogens with one attached hydrogen (secondary N) is 3. The van der Waals surface area contributed by atoms with Gasteiger partial charge in [0.05, 0.1) is 6.54 Å². The number of amides is 2. The summed E-state index contributed by atoms with van der Waals surface area (Å²) in [6.45, 7) is 1.06. The fourth-order valence-corrected chi connectivity index (χ4v) is 3.54. The summed E-state index contributed by atoms with van der Waals surface area (Å²) < 4.78 is 66.5. The highest BCUT2D eigenvalue weighted by Crippen LogP contribution is 2.31. The maximum atomic E-state index is 14.1. The zero-order valence-electron chi connectivity index (χ0n) is 16.8. The Morgan fingerprint density at radius 3 is 2.47 bits per heavy atom. The van der Waals surface area contributed by atoms with Crippen LogP contribution in [0.1, 0.15) is 29.7 Å². The minimum absolute atomic E-state index is 0.0539. The summed E-state index contributed by atoms with van der Waals surface area (Å²) in [6.07, 6.45) is -2.87. The first-order chi connectivity index (χ1) is 15.1. The number of anilines is 2. The van der Waals surface area contributed by atoms with Gasteiger partial charge in [-0.3, -0.25) is 0 Å². The molecule has 13 heteroatoms. The lowest BCUT2D eigenvalue weighted by Gasteiger charge is -2.21. The molecule has 1 aliphatic rings. The first kappa shape index (κ1) is 24.0.